The molecular weight excluding hydrogens is 374 g/mol. The average molecular weight is 408 g/mol. The van der Waals surface area contributed by atoms with Gasteiger partial charge in [0.1, 0.15) is 0 Å². The van der Waals surface area contributed by atoms with Crippen LogP contribution < -0.4 is 10.9 Å². The van der Waals surface area contributed by atoms with Crippen LogP contribution in [0.1, 0.15) is 79.4 Å². The first-order valence-corrected chi connectivity index (χ1v) is 11.2. The van der Waals surface area contributed by atoms with E-state index in [4.69, 9.17) is 0 Å². The average Bonchev–Trinajstić information content (AvgIpc) is 3.09. The van der Waals surface area contributed by atoms with E-state index in [-0.39, 0.29) is 24.1 Å². The minimum absolute atomic E-state index is 0.0962. The van der Waals surface area contributed by atoms with Gasteiger partial charge < -0.3 is 4.90 Å². The first kappa shape index (κ1) is 22.4. The van der Waals surface area contributed by atoms with E-state index in [1.165, 1.54) is 21.8 Å². The maximum absolute atomic E-state index is 12.3. The van der Waals surface area contributed by atoms with Gasteiger partial charge in [0, 0.05) is 30.8 Å². The van der Waals surface area contributed by atoms with Crippen LogP contribution in [-0.2, 0) is 22.4 Å². The zero-order valence-electron chi connectivity index (χ0n) is 17.3. The first-order chi connectivity index (χ1) is 13.4. The van der Waals surface area contributed by atoms with Crippen molar-refractivity contribution >= 4 is 29.1 Å². The lowest BCUT2D eigenvalue weighted by atomic mass is 9.90. The highest BCUT2D eigenvalue weighted by Gasteiger charge is 2.21. The standard InChI is InChI=1S/C21H33N3O3S/c1-4-11-24(12-5-2)20(26)8-6-7-19(25)22-23-21(27)18-14-16-13-15(3)9-10-17(16)28-18/h14-15H,4-13H2,1-3H3,(H,22,25)(H,23,27). The molecule has 0 saturated heterocycles. The molecule has 0 aliphatic heterocycles. The number of carbonyl (C=O) groups is 3. The van der Waals surface area contributed by atoms with Gasteiger partial charge in [-0.1, -0.05) is 20.8 Å². The van der Waals surface area contributed by atoms with Gasteiger partial charge in [-0.15, -0.1) is 11.3 Å². The minimum Gasteiger partial charge on any atom is -0.343 e. The smallest absolute Gasteiger partial charge is 0.279 e. The molecule has 0 fully saturated rings. The second-order valence-corrected chi connectivity index (χ2v) is 8.78. The summed E-state index contributed by atoms with van der Waals surface area (Å²) >= 11 is 1.52. The maximum atomic E-state index is 12.3. The molecule has 28 heavy (non-hydrogen) atoms. The molecule has 156 valence electrons. The summed E-state index contributed by atoms with van der Waals surface area (Å²) in [5.41, 5.74) is 6.23. The summed E-state index contributed by atoms with van der Waals surface area (Å²) in [6.07, 6.45) is 6.14. The molecule has 2 rings (SSSR count). The van der Waals surface area contributed by atoms with E-state index in [0.29, 0.717) is 23.6 Å². The number of nitrogens with zero attached hydrogens (tertiary/aromatic N) is 1. The van der Waals surface area contributed by atoms with E-state index < -0.39 is 0 Å². The van der Waals surface area contributed by atoms with Gasteiger partial charge in [0.15, 0.2) is 0 Å². The van der Waals surface area contributed by atoms with Crippen molar-refractivity contribution in [2.45, 2.75) is 72.1 Å². The van der Waals surface area contributed by atoms with E-state index >= 15 is 0 Å². The molecule has 3 amide bonds. The Labute approximate surface area is 172 Å². The quantitative estimate of drug-likeness (QED) is 0.616. The van der Waals surface area contributed by atoms with Gasteiger partial charge in [-0.25, -0.2) is 0 Å². The monoisotopic (exact) mass is 407 g/mol. The second kappa shape index (κ2) is 11.2. The molecule has 0 radical (unpaired) electrons. The highest BCUT2D eigenvalue weighted by atomic mass is 32.1. The van der Waals surface area contributed by atoms with Crippen molar-refractivity contribution in [1.29, 1.82) is 0 Å². The molecule has 1 aliphatic carbocycles. The third kappa shape index (κ3) is 6.62. The topological polar surface area (TPSA) is 78.5 Å². The molecule has 0 spiro atoms. The Hall–Kier alpha value is -1.89. The van der Waals surface area contributed by atoms with Gasteiger partial charge >= 0.3 is 0 Å². The van der Waals surface area contributed by atoms with Crippen LogP contribution in [0.2, 0.25) is 0 Å². The summed E-state index contributed by atoms with van der Waals surface area (Å²) in [5, 5.41) is 0. The highest BCUT2D eigenvalue weighted by Crippen LogP contribution is 2.32. The van der Waals surface area contributed by atoms with Crippen molar-refractivity contribution < 1.29 is 14.4 Å². The SMILES string of the molecule is CCCN(CCC)C(=O)CCCC(=O)NNC(=O)c1cc2c(s1)CCC(C)C2. The van der Waals surface area contributed by atoms with Crippen LogP contribution in [0.4, 0.5) is 0 Å². The molecule has 2 N–H and O–H groups in total. The third-order valence-electron chi connectivity index (χ3n) is 5.00. The van der Waals surface area contributed by atoms with Gasteiger partial charge in [0.25, 0.3) is 5.91 Å². The fraction of sp³-hybridized carbons (Fsp3) is 0.667. The number of nitrogens with one attached hydrogen (secondary N) is 2. The Balaban J connectivity index is 1.71. The van der Waals surface area contributed by atoms with Crippen molar-refractivity contribution in [3.05, 3.63) is 21.4 Å². The summed E-state index contributed by atoms with van der Waals surface area (Å²) in [5.74, 6) is 0.215. The van der Waals surface area contributed by atoms with E-state index in [2.05, 4.69) is 31.6 Å². The molecule has 0 bridgehead atoms. The lowest BCUT2D eigenvalue weighted by molar-refractivity contribution is -0.131. The molecule has 0 aromatic carbocycles. The second-order valence-electron chi connectivity index (χ2n) is 7.64. The Morgan fingerprint density at radius 1 is 1.14 bits per heavy atom. The van der Waals surface area contributed by atoms with Crippen molar-refractivity contribution in [3.8, 4) is 0 Å². The summed E-state index contributed by atoms with van der Waals surface area (Å²) in [7, 11) is 0. The lowest BCUT2D eigenvalue weighted by Gasteiger charge is -2.21. The summed E-state index contributed by atoms with van der Waals surface area (Å²) in [6, 6.07) is 1.95. The van der Waals surface area contributed by atoms with Crippen molar-refractivity contribution in [3.63, 3.8) is 0 Å². The maximum Gasteiger partial charge on any atom is 0.279 e. The number of aryl methyl sites for hydroxylation is 1. The van der Waals surface area contributed by atoms with Crippen LogP contribution in [0, 0.1) is 5.92 Å². The van der Waals surface area contributed by atoms with Gasteiger partial charge in [-0.3, -0.25) is 25.2 Å². The number of hydrazine groups is 1. The van der Waals surface area contributed by atoms with E-state index in [1.54, 1.807) is 0 Å². The highest BCUT2D eigenvalue weighted by molar-refractivity contribution is 7.14. The normalized spacial score (nSPS) is 15.6. The summed E-state index contributed by atoms with van der Waals surface area (Å²) in [6.45, 7) is 7.86. The van der Waals surface area contributed by atoms with Crippen LogP contribution in [0.5, 0.6) is 0 Å². The Morgan fingerprint density at radius 2 is 1.86 bits per heavy atom. The predicted molar refractivity (Wildman–Crippen MR) is 112 cm³/mol. The molecule has 1 aliphatic rings. The fourth-order valence-corrected chi connectivity index (χ4v) is 4.63. The van der Waals surface area contributed by atoms with Crippen molar-refractivity contribution in [1.82, 2.24) is 15.8 Å². The van der Waals surface area contributed by atoms with E-state index in [0.717, 1.165) is 45.2 Å². The van der Waals surface area contributed by atoms with Gasteiger partial charge in [-0.2, -0.15) is 0 Å². The number of hydrogen-bond donors (Lipinski definition) is 2. The van der Waals surface area contributed by atoms with Crippen molar-refractivity contribution in [2.75, 3.05) is 13.1 Å². The Morgan fingerprint density at radius 3 is 2.54 bits per heavy atom. The Bertz CT molecular complexity index is 680. The number of fused-ring (bicyclic) bond motifs is 1. The zero-order chi connectivity index (χ0) is 20.5. The molecular formula is C21H33N3O3S. The number of thiophene rings is 1. The van der Waals surface area contributed by atoms with Gasteiger partial charge in [0.2, 0.25) is 11.8 Å². The fourth-order valence-electron chi connectivity index (χ4n) is 3.53. The van der Waals surface area contributed by atoms with Crippen LogP contribution >= 0.6 is 11.3 Å². The molecule has 1 heterocycles. The first-order valence-electron chi connectivity index (χ1n) is 10.4. The van der Waals surface area contributed by atoms with Crippen molar-refractivity contribution in [2.24, 2.45) is 5.92 Å². The molecule has 1 aromatic heterocycles. The van der Waals surface area contributed by atoms with Gasteiger partial charge in [0.05, 0.1) is 4.88 Å². The lowest BCUT2D eigenvalue weighted by Crippen LogP contribution is -2.41. The molecule has 0 saturated carbocycles. The van der Waals surface area contributed by atoms with E-state index in [9.17, 15) is 14.4 Å². The predicted octanol–water partition coefficient (Wildman–Crippen LogP) is 3.45. The number of hydrogen-bond acceptors (Lipinski definition) is 4. The number of amides is 3. The molecule has 7 heteroatoms. The van der Waals surface area contributed by atoms with Crippen LogP contribution in [0.3, 0.4) is 0 Å². The van der Waals surface area contributed by atoms with Crippen LogP contribution in [-0.4, -0.2) is 35.7 Å². The number of carbonyl (C=O) groups excluding carboxylic acids is 3. The largest absolute Gasteiger partial charge is 0.343 e. The molecule has 1 aromatic rings. The Kier molecular flexibility index (Phi) is 8.96. The van der Waals surface area contributed by atoms with Crippen LogP contribution in [0.15, 0.2) is 6.07 Å². The summed E-state index contributed by atoms with van der Waals surface area (Å²) < 4.78 is 0. The summed E-state index contributed by atoms with van der Waals surface area (Å²) in [4.78, 5) is 40.3. The zero-order valence-corrected chi connectivity index (χ0v) is 18.1. The molecule has 6 nitrogen and oxygen atoms in total. The van der Waals surface area contributed by atoms with Gasteiger partial charge in [-0.05, 0) is 56.1 Å². The number of rotatable bonds is 9. The molecule has 1 unspecified atom stereocenters. The minimum atomic E-state index is -0.270. The molecule has 1 atom stereocenters. The third-order valence-corrected chi connectivity index (χ3v) is 6.24. The van der Waals surface area contributed by atoms with E-state index in [1.807, 2.05) is 11.0 Å². The van der Waals surface area contributed by atoms with Crippen LogP contribution in [0.25, 0.3) is 0 Å².